The van der Waals surface area contributed by atoms with Gasteiger partial charge in [0.15, 0.2) is 0 Å². The SMILES string of the molecule is C[C@H]1CCCN1CC1CCNC1. The third-order valence-electron chi connectivity index (χ3n) is 3.35. The van der Waals surface area contributed by atoms with Crippen molar-refractivity contribution in [1.29, 1.82) is 0 Å². The fraction of sp³-hybridized carbons (Fsp3) is 1.00. The molecule has 12 heavy (non-hydrogen) atoms. The number of hydrogen-bond acceptors (Lipinski definition) is 2. The van der Waals surface area contributed by atoms with Gasteiger partial charge in [-0.2, -0.15) is 0 Å². The zero-order valence-electron chi connectivity index (χ0n) is 8.05. The maximum atomic E-state index is 3.43. The number of nitrogens with zero attached hydrogens (tertiary/aromatic N) is 1. The predicted molar refractivity (Wildman–Crippen MR) is 51.2 cm³/mol. The van der Waals surface area contributed by atoms with E-state index in [9.17, 15) is 0 Å². The van der Waals surface area contributed by atoms with Crippen molar-refractivity contribution in [3.63, 3.8) is 0 Å². The Bertz CT molecular complexity index is 141. The fourth-order valence-electron chi connectivity index (χ4n) is 2.47. The first-order valence-corrected chi connectivity index (χ1v) is 5.31. The summed E-state index contributed by atoms with van der Waals surface area (Å²) < 4.78 is 0. The second-order valence-corrected chi connectivity index (χ2v) is 4.35. The molecular formula is C10H20N2. The summed E-state index contributed by atoms with van der Waals surface area (Å²) in [7, 11) is 0. The number of nitrogens with one attached hydrogen (secondary N) is 1. The molecule has 0 amide bonds. The van der Waals surface area contributed by atoms with Gasteiger partial charge in [0.2, 0.25) is 0 Å². The molecule has 0 bridgehead atoms. The monoisotopic (exact) mass is 168 g/mol. The Morgan fingerprint density at radius 1 is 1.42 bits per heavy atom. The average Bonchev–Trinajstić information content (AvgIpc) is 2.65. The Labute approximate surface area is 75.3 Å². The summed E-state index contributed by atoms with van der Waals surface area (Å²) in [5.41, 5.74) is 0. The van der Waals surface area contributed by atoms with E-state index in [2.05, 4.69) is 17.1 Å². The van der Waals surface area contributed by atoms with Gasteiger partial charge in [0.05, 0.1) is 0 Å². The van der Waals surface area contributed by atoms with Crippen LogP contribution < -0.4 is 5.32 Å². The van der Waals surface area contributed by atoms with Crippen molar-refractivity contribution in [3.8, 4) is 0 Å². The van der Waals surface area contributed by atoms with Crippen LogP contribution in [0.4, 0.5) is 0 Å². The first-order chi connectivity index (χ1) is 5.86. The van der Waals surface area contributed by atoms with Crippen LogP contribution in [0.5, 0.6) is 0 Å². The highest BCUT2D eigenvalue weighted by molar-refractivity contribution is 4.80. The lowest BCUT2D eigenvalue weighted by Crippen LogP contribution is -2.32. The summed E-state index contributed by atoms with van der Waals surface area (Å²) in [6, 6.07) is 0.852. The van der Waals surface area contributed by atoms with E-state index in [0.29, 0.717) is 0 Å². The minimum Gasteiger partial charge on any atom is -0.316 e. The third kappa shape index (κ3) is 1.80. The van der Waals surface area contributed by atoms with Gasteiger partial charge >= 0.3 is 0 Å². The van der Waals surface area contributed by atoms with Crippen LogP contribution in [0.3, 0.4) is 0 Å². The molecule has 2 fully saturated rings. The molecule has 0 spiro atoms. The van der Waals surface area contributed by atoms with Crippen molar-refractivity contribution in [1.82, 2.24) is 10.2 Å². The molecule has 70 valence electrons. The Kier molecular flexibility index (Phi) is 2.66. The number of likely N-dealkylation sites (tertiary alicyclic amines) is 1. The van der Waals surface area contributed by atoms with Crippen LogP contribution >= 0.6 is 0 Å². The highest BCUT2D eigenvalue weighted by Crippen LogP contribution is 2.19. The van der Waals surface area contributed by atoms with Crippen LogP contribution in [0.15, 0.2) is 0 Å². The Balaban J connectivity index is 1.77. The predicted octanol–water partition coefficient (Wildman–Crippen LogP) is 1.08. The van der Waals surface area contributed by atoms with Gasteiger partial charge in [-0.25, -0.2) is 0 Å². The third-order valence-corrected chi connectivity index (χ3v) is 3.35. The summed E-state index contributed by atoms with van der Waals surface area (Å²) in [5, 5.41) is 3.43. The van der Waals surface area contributed by atoms with Gasteiger partial charge in [0.1, 0.15) is 0 Å². The van der Waals surface area contributed by atoms with Crippen molar-refractivity contribution in [2.75, 3.05) is 26.2 Å². The Hall–Kier alpha value is -0.0800. The first kappa shape index (κ1) is 8.52. The van der Waals surface area contributed by atoms with Crippen molar-refractivity contribution >= 4 is 0 Å². The van der Waals surface area contributed by atoms with Crippen LogP contribution in [0.2, 0.25) is 0 Å². The molecule has 0 radical (unpaired) electrons. The molecule has 2 rings (SSSR count). The van der Waals surface area contributed by atoms with Crippen LogP contribution in [-0.4, -0.2) is 37.1 Å². The standard InChI is InChI=1S/C10H20N2/c1-9-3-2-6-12(9)8-10-4-5-11-7-10/h9-11H,2-8H2,1H3/t9-,10?/m0/s1. The van der Waals surface area contributed by atoms with E-state index in [1.807, 2.05) is 0 Å². The molecule has 2 saturated heterocycles. The van der Waals surface area contributed by atoms with Crippen molar-refractivity contribution in [3.05, 3.63) is 0 Å². The summed E-state index contributed by atoms with van der Waals surface area (Å²) >= 11 is 0. The lowest BCUT2D eigenvalue weighted by molar-refractivity contribution is 0.232. The molecule has 2 heterocycles. The smallest absolute Gasteiger partial charge is 0.00675 e. The van der Waals surface area contributed by atoms with Gasteiger partial charge < -0.3 is 10.2 Å². The Morgan fingerprint density at radius 3 is 2.92 bits per heavy atom. The highest BCUT2D eigenvalue weighted by Gasteiger charge is 2.24. The van der Waals surface area contributed by atoms with Gasteiger partial charge in [-0.3, -0.25) is 0 Å². The van der Waals surface area contributed by atoms with Crippen molar-refractivity contribution < 1.29 is 0 Å². The molecular weight excluding hydrogens is 148 g/mol. The molecule has 1 unspecified atom stereocenters. The molecule has 0 aliphatic carbocycles. The van der Waals surface area contributed by atoms with E-state index in [4.69, 9.17) is 0 Å². The molecule has 0 aromatic heterocycles. The van der Waals surface area contributed by atoms with E-state index >= 15 is 0 Å². The summed E-state index contributed by atoms with van der Waals surface area (Å²) in [4.78, 5) is 2.66. The van der Waals surface area contributed by atoms with Gasteiger partial charge in [-0.05, 0) is 51.7 Å². The van der Waals surface area contributed by atoms with Gasteiger partial charge in [-0.1, -0.05) is 0 Å². The summed E-state index contributed by atoms with van der Waals surface area (Å²) in [6.07, 6.45) is 4.23. The molecule has 0 saturated carbocycles. The molecule has 1 N–H and O–H groups in total. The van der Waals surface area contributed by atoms with Gasteiger partial charge in [-0.15, -0.1) is 0 Å². The van der Waals surface area contributed by atoms with E-state index in [1.54, 1.807) is 0 Å². The summed E-state index contributed by atoms with van der Waals surface area (Å²) in [5.74, 6) is 0.936. The van der Waals surface area contributed by atoms with E-state index in [0.717, 1.165) is 12.0 Å². The van der Waals surface area contributed by atoms with Crippen molar-refractivity contribution in [2.24, 2.45) is 5.92 Å². The number of rotatable bonds is 2. The van der Waals surface area contributed by atoms with Crippen molar-refractivity contribution in [2.45, 2.75) is 32.2 Å². The minimum absolute atomic E-state index is 0.852. The van der Waals surface area contributed by atoms with Gasteiger partial charge in [0, 0.05) is 12.6 Å². The normalized spacial score (nSPS) is 37.8. The van der Waals surface area contributed by atoms with E-state index < -0.39 is 0 Å². The molecule has 0 aromatic rings. The maximum Gasteiger partial charge on any atom is 0.00675 e. The molecule has 2 atom stereocenters. The number of hydrogen-bond donors (Lipinski definition) is 1. The maximum absolute atomic E-state index is 3.43. The lowest BCUT2D eigenvalue weighted by Gasteiger charge is -2.23. The topological polar surface area (TPSA) is 15.3 Å². The summed E-state index contributed by atoms with van der Waals surface area (Å²) in [6.45, 7) is 7.55. The molecule has 2 aliphatic heterocycles. The largest absolute Gasteiger partial charge is 0.316 e. The van der Waals surface area contributed by atoms with Crippen LogP contribution in [0.1, 0.15) is 26.2 Å². The van der Waals surface area contributed by atoms with Crippen LogP contribution in [0, 0.1) is 5.92 Å². The average molecular weight is 168 g/mol. The minimum atomic E-state index is 0.852. The quantitative estimate of drug-likeness (QED) is 0.664. The Morgan fingerprint density at radius 2 is 2.33 bits per heavy atom. The van der Waals surface area contributed by atoms with Gasteiger partial charge in [0.25, 0.3) is 0 Å². The second kappa shape index (κ2) is 3.75. The second-order valence-electron chi connectivity index (χ2n) is 4.35. The lowest BCUT2D eigenvalue weighted by atomic mass is 10.1. The molecule has 2 aliphatic rings. The first-order valence-electron chi connectivity index (χ1n) is 5.31. The van der Waals surface area contributed by atoms with Crippen LogP contribution in [-0.2, 0) is 0 Å². The molecule has 2 nitrogen and oxygen atoms in total. The zero-order chi connectivity index (χ0) is 8.39. The highest BCUT2D eigenvalue weighted by atomic mass is 15.2. The van der Waals surface area contributed by atoms with E-state index in [1.165, 1.54) is 45.4 Å². The molecule has 0 aromatic carbocycles. The van der Waals surface area contributed by atoms with Crippen LogP contribution in [0.25, 0.3) is 0 Å². The fourth-order valence-corrected chi connectivity index (χ4v) is 2.47. The molecule has 2 heteroatoms. The van der Waals surface area contributed by atoms with E-state index in [-0.39, 0.29) is 0 Å². The zero-order valence-corrected chi connectivity index (χ0v) is 8.05.